The van der Waals surface area contributed by atoms with Crippen LogP contribution < -0.4 is 5.43 Å². The zero-order valence-electron chi connectivity index (χ0n) is 7.13. The van der Waals surface area contributed by atoms with Crippen LogP contribution in [0.5, 0.6) is 0 Å². The molecule has 0 radical (unpaired) electrons. The zero-order valence-corrected chi connectivity index (χ0v) is 10.3. The standard InChI is InChI=1S/C11H6Br2O/c12-8-5-7-3-1-2-4-9(7)11(14)10(13)6-8/h1-6H. The summed E-state index contributed by atoms with van der Waals surface area (Å²) in [6, 6.07) is 11.2. The van der Waals surface area contributed by atoms with Gasteiger partial charge in [-0.1, -0.05) is 40.2 Å². The van der Waals surface area contributed by atoms with Crippen LogP contribution in [-0.2, 0) is 0 Å². The smallest absolute Gasteiger partial charge is 0.200 e. The Morgan fingerprint density at radius 3 is 2.50 bits per heavy atom. The van der Waals surface area contributed by atoms with Crippen LogP contribution in [0.1, 0.15) is 0 Å². The topological polar surface area (TPSA) is 17.1 Å². The molecule has 70 valence electrons. The maximum atomic E-state index is 11.8. The normalized spacial score (nSPS) is 10.4. The molecule has 1 nitrogen and oxygen atoms in total. The highest BCUT2D eigenvalue weighted by Crippen LogP contribution is 2.18. The first-order valence-electron chi connectivity index (χ1n) is 4.06. The molecule has 0 aliphatic carbocycles. The summed E-state index contributed by atoms with van der Waals surface area (Å²) in [6.45, 7) is 0. The van der Waals surface area contributed by atoms with Crippen LogP contribution in [0.15, 0.2) is 50.1 Å². The van der Waals surface area contributed by atoms with Crippen LogP contribution in [-0.4, -0.2) is 0 Å². The van der Waals surface area contributed by atoms with E-state index >= 15 is 0 Å². The maximum absolute atomic E-state index is 11.8. The lowest BCUT2D eigenvalue weighted by Gasteiger charge is -1.88. The highest BCUT2D eigenvalue weighted by atomic mass is 79.9. The van der Waals surface area contributed by atoms with Gasteiger partial charge in [-0.15, -0.1) is 0 Å². The lowest BCUT2D eigenvalue weighted by atomic mass is 10.2. The molecule has 14 heavy (non-hydrogen) atoms. The minimum absolute atomic E-state index is 0.0197. The third-order valence-corrected chi connectivity index (χ3v) is 3.03. The van der Waals surface area contributed by atoms with Crippen LogP contribution >= 0.6 is 31.9 Å². The molecular formula is C11H6Br2O. The number of hydrogen-bond donors (Lipinski definition) is 0. The second-order valence-corrected chi connectivity index (χ2v) is 4.71. The van der Waals surface area contributed by atoms with Crippen molar-refractivity contribution >= 4 is 42.6 Å². The van der Waals surface area contributed by atoms with Gasteiger partial charge in [0.1, 0.15) is 0 Å². The van der Waals surface area contributed by atoms with E-state index in [1.807, 2.05) is 30.3 Å². The average molecular weight is 314 g/mol. The van der Waals surface area contributed by atoms with Gasteiger partial charge in [0.2, 0.25) is 5.43 Å². The molecule has 0 saturated carbocycles. The molecule has 0 aliphatic rings. The van der Waals surface area contributed by atoms with Crippen LogP contribution in [0.4, 0.5) is 0 Å². The Morgan fingerprint density at radius 2 is 1.71 bits per heavy atom. The molecular weight excluding hydrogens is 308 g/mol. The summed E-state index contributed by atoms with van der Waals surface area (Å²) in [5.74, 6) is 0. The summed E-state index contributed by atoms with van der Waals surface area (Å²) in [4.78, 5) is 11.8. The van der Waals surface area contributed by atoms with Crippen molar-refractivity contribution in [1.29, 1.82) is 0 Å². The second kappa shape index (κ2) is 3.83. The fourth-order valence-electron chi connectivity index (χ4n) is 1.34. The van der Waals surface area contributed by atoms with E-state index in [0.717, 1.165) is 15.2 Å². The Bertz CT molecular complexity index is 549. The van der Waals surface area contributed by atoms with Crippen molar-refractivity contribution < 1.29 is 0 Å². The zero-order chi connectivity index (χ0) is 10.1. The average Bonchev–Trinajstić information content (AvgIpc) is 2.26. The number of rotatable bonds is 0. The maximum Gasteiger partial charge on any atom is 0.200 e. The van der Waals surface area contributed by atoms with Gasteiger partial charge in [-0.2, -0.15) is 0 Å². The molecule has 0 atom stereocenters. The first-order valence-corrected chi connectivity index (χ1v) is 5.65. The Hall–Kier alpha value is -0.670. The molecule has 0 N–H and O–H groups in total. The molecule has 3 heteroatoms. The molecule has 0 amide bonds. The third kappa shape index (κ3) is 1.74. The molecule has 0 aliphatic heterocycles. The molecule has 0 spiro atoms. The lowest BCUT2D eigenvalue weighted by Crippen LogP contribution is -1.97. The quantitative estimate of drug-likeness (QED) is 0.724. The SMILES string of the molecule is O=c1c(Br)cc(Br)cc2ccccc12. The minimum Gasteiger partial charge on any atom is -0.288 e. The number of hydrogen-bond acceptors (Lipinski definition) is 1. The largest absolute Gasteiger partial charge is 0.288 e. The molecule has 0 fully saturated rings. The monoisotopic (exact) mass is 312 g/mol. The molecule has 0 aromatic heterocycles. The fourth-order valence-corrected chi connectivity index (χ4v) is 2.58. The van der Waals surface area contributed by atoms with Gasteiger partial charge < -0.3 is 0 Å². The van der Waals surface area contributed by atoms with Gasteiger partial charge in [0.05, 0.1) is 4.47 Å². The van der Waals surface area contributed by atoms with E-state index in [0.29, 0.717) is 4.47 Å². The van der Waals surface area contributed by atoms with Gasteiger partial charge in [0.25, 0.3) is 0 Å². The lowest BCUT2D eigenvalue weighted by molar-refractivity contribution is 1.63. The summed E-state index contributed by atoms with van der Waals surface area (Å²) in [7, 11) is 0. The molecule has 2 rings (SSSR count). The van der Waals surface area contributed by atoms with E-state index in [1.165, 1.54) is 0 Å². The van der Waals surface area contributed by atoms with Crippen molar-refractivity contribution in [3.63, 3.8) is 0 Å². The van der Waals surface area contributed by atoms with Crippen LogP contribution in [0.2, 0.25) is 0 Å². The van der Waals surface area contributed by atoms with E-state index in [9.17, 15) is 4.79 Å². The highest BCUT2D eigenvalue weighted by Gasteiger charge is 2.00. The number of benzene rings is 1. The summed E-state index contributed by atoms with van der Waals surface area (Å²) in [5.41, 5.74) is 0.0197. The first kappa shape index (κ1) is 9.87. The van der Waals surface area contributed by atoms with Gasteiger partial charge in [-0.25, -0.2) is 0 Å². The predicted octanol–water partition coefficient (Wildman–Crippen LogP) is 3.73. The molecule has 0 unspecified atom stereocenters. The highest BCUT2D eigenvalue weighted by molar-refractivity contribution is 9.11. The van der Waals surface area contributed by atoms with Gasteiger partial charge in [0, 0.05) is 9.86 Å². The summed E-state index contributed by atoms with van der Waals surface area (Å²) >= 11 is 6.63. The van der Waals surface area contributed by atoms with E-state index in [1.54, 1.807) is 6.07 Å². The Labute approximate surface area is 98.0 Å². The van der Waals surface area contributed by atoms with Crippen LogP contribution in [0.3, 0.4) is 0 Å². The van der Waals surface area contributed by atoms with Gasteiger partial charge in [-0.3, -0.25) is 4.79 Å². The molecule has 0 bridgehead atoms. The number of halogens is 2. The Morgan fingerprint density at radius 1 is 1.00 bits per heavy atom. The number of fused-ring (bicyclic) bond motifs is 1. The predicted molar refractivity (Wildman–Crippen MR) is 65.6 cm³/mol. The fraction of sp³-hybridized carbons (Fsp3) is 0. The second-order valence-electron chi connectivity index (χ2n) is 2.94. The van der Waals surface area contributed by atoms with E-state index in [2.05, 4.69) is 31.9 Å². The molecule has 2 aromatic rings. The van der Waals surface area contributed by atoms with Crippen LogP contribution in [0.25, 0.3) is 10.8 Å². The minimum atomic E-state index is 0.0197. The van der Waals surface area contributed by atoms with Gasteiger partial charge in [0.15, 0.2) is 0 Å². The van der Waals surface area contributed by atoms with E-state index in [-0.39, 0.29) is 5.43 Å². The Kier molecular flexibility index (Phi) is 2.70. The van der Waals surface area contributed by atoms with Crippen molar-refractivity contribution in [2.75, 3.05) is 0 Å². The first-order chi connectivity index (χ1) is 6.68. The van der Waals surface area contributed by atoms with Crippen LogP contribution in [0, 0.1) is 0 Å². The van der Waals surface area contributed by atoms with E-state index in [4.69, 9.17) is 0 Å². The molecule has 0 saturated heterocycles. The Balaban J connectivity index is 3.08. The summed E-state index contributed by atoms with van der Waals surface area (Å²) in [5, 5.41) is 1.67. The molecule has 2 aromatic carbocycles. The van der Waals surface area contributed by atoms with Crippen molar-refractivity contribution in [2.24, 2.45) is 0 Å². The summed E-state index contributed by atoms with van der Waals surface area (Å²) in [6.07, 6.45) is 0. The van der Waals surface area contributed by atoms with Gasteiger partial charge in [-0.05, 0) is 33.4 Å². The van der Waals surface area contributed by atoms with Crippen molar-refractivity contribution in [1.82, 2.24) is 0 Å². The summed E-state index contributed by atoms with van der Waals surface area (Å²) < 4.78 is 1.47. The van der Waals surface area contributed by atoms with Gasteiger partial charge >= 0.3 is 0 Å². The van der Waals surface area contributed by atoms with Crippen molar-refractivity contribution in [3.8, 4) is 0 Å². The van der Waals surface area contributed by atoms with Crippen molar-refractivity contribution in [2.45, 2.75) is 0 Å². The van der Waals surface area contributed by atoms with Crippen molar-refractivity contribution in [3.05, 3.63) is 55.6 Å². The third-order valence-electron chi connectivity index (χ3n) is 1.98. The molecule has 0 heterocycles. The van der Waals surface area contributed by atoms with E-state index < -0.39 is 0 Å².